The van der Waals surface area contributed by atoms with E-state index in [1.165, 1.54) is 0 Å². The molecule has 21 heavy (non-hydrogen) atoms. The lowest BCUT2D eigenvalue weighted by Crippen LogP contribution is -2.48. The van der Waals surface area contributed by atoms with Crippen molar-refractivity contribution in [2.75, 3.05) is 19.6 Å². The summed E-state index contributed by atoms with van der Waals surface area (Å²) in [7, 11) is 0. The van der Waals surface area contributed by atoms with Gasteiger partial charge in [-0.1, -0.05) is 13.8 Å². The smallest absolute Gasteiger partial charge is 0.319 e. The topological polar surface area (TPSA) is 86.7 Å². The summed E-state index contributed by atoms with van der Waals surface area (Å²) in [5.74, 6) is -1.05. The van der Waals surface area contributed by atoms with Crippen molar-refractivity contribution < 1.29 is 19.5 Å². The summed E-state index contributed by atoms with van der Waals surface area (Å²) in [5.41, 5.74) is -1.15. The highest BCUT2D eigenvalue weighted by atomic mass is 16.4. The van der Waals surface area contributed by atoms with Gasteiger partial charge in [0.25, 0.3) is 0 Å². The van der Waals surface area contributed by atoms with E-state index < -0.39 is 11.4 Å². The lowest BCUT2D eigenvalue weighted by Gasteiger charge is -2.34. The fourth-order valence-corrected chi connectivity index (χ4v) is 2.81. The molecule has 2 fully saturated rings. The number of nitrogens with one attached hydrogen (secondary N) is 1. The summed E-state index contributed by atoms with van der Waals surface area (Å²) < 4.78 is 0. The van der Waals surface area contributed by atoms with Gasteiger partial charge in [0, 0.05) is 25.6 Å². The molecule has 118 valence electrons. The highest BCUT2D eigenvalue weighted by Crippen LogP contribution is 2.47. The maximum Gasteiger partial charge on any atom is 0.319 e. The molecule has 0 aromatic rings. The molecule has 6 nitrogen and oxygen atoms in total. The average molecular weight is 296 g/mol. The molecule has 1 saturated heterocycles. The van der Waals surface area contributed by atoms with Crippen LogP contribution in [0, 0.1) is 17.3 Å². The molecule has 2 rings (SSSR count). The predicted molar refractivity (Wildman–Crippen MR) is 76.5 cm³/mol. The van der Waals surface area contributed by atoms with Crippen LogP contribution in [0.2, 0.25) is 0 Å². The number of hydrogen-bond donors (Lipinski definition) is 2. The number of aliphatic carboxylic acids is 1. The van der Waals surface area contributed by atoms with Gasteiger partial charge in [0.1, 0.15) is 5.41 Å². The first-order valence-electron chi connectivity index (χ1n) is 7.67. The molecule has 0 aromatic carbocycles. The van der Waals surface area contributed by atoms with Crippen LogP contribution >= 0.6 is 0 Å². The minimum absolute atomic E-state index is 0.0163. The van der Waals surface area contributed by atoms with Crippen LogP contribution in [0.4, 0.5) is 0 Å². The minimum atomic E-state index is -1.15. The zero-order valence-electron chi connectivity index (χ0n) is 12.7. The van der Waals surface area contributed by atoms with Crippen molar-refractivity contribution in [2.45, 2.75) is 39.5 Å². The highest BCUT2D eigenvalue weighted by Gasteiger charge is 2.58. The molecule has 2 amide bonds. The number of carboxylic acids is 1. The first-order valence-corrected chi connectivity index (χ1v) is 7.67. The summed E-state index contributed by atoms with van der Waals surface area (Å²) in [6, 6.07) is 0. The van der Waals surface area contributed by atoms with E-state index in [9.17, 15) is 19.5 Å². The van der Waals surface area contributed by atoms with Crippen LogP contribution in [0.15, 0.2) is 0 Å². The van der Waals surface area contributed by atoms with Crippen LogP contribution in [0.1, 0.15) is 39.5 Å². The number of likely N-dealkylation sites (tertiary alicyclic amines) is 1. The quantitative estimate of drug-likeness (QED) is 0.737. The van der Waals surface area contributed by atoms with Gasteiger partial charge >= 0.3 is 5.97 Å². The van der Waals surface area contributed by atoms with Gasteiger partial charge in [-0.25, -0.2) is 0 Å². The Hall–Kier alpha value is -1.59. The molecule has 6 heteroatoms. The Labute approximate surface area is 124 Å². The van der Waals surface area contributed by atoms with E-state index in [2.05, 4.69) is 5.32 Å². The second-order valence-electron chi connectivity index (χ2n) is 6.55. The molecule has 0 aromatic heterocycles. The minimum Gasteiger partial charge on any atom is -0.480 e. The van der Waals surface area contributed by atoms with Gasteiger partial charge in [-0.05, 0) is 31.6 Å². The van der Waals surface area contributed by atoms with E-state index in [-0.39, 0.29) is 23.7 Å². The van der Waals surface area contributed by atoms with Gasteiger partial charge in [0.15, 0.2) is 0 Å². The number of nitrogens with zero attached hydrogens (tertiary/aromatic N) is 1. The molecule has 1 unspecified atom stereocenters. The molecule has 0 radical (unpaired) electrons. The molecule has 0 bridgehead atoms. The van der Waals surface area contributed by atoms with Crippen molar-refractivity contribution >= 4 is 17.8 Å². The third kappa shape index (κ3) is 3.36. The van der Waals surface area contributed by atoms with E-state index in [0.717, 1.165) is 12.8 Å². The van der Waals surface area contributed by atoms with Gasteiger partial charge in [-0.3, -0.25) is 14.4 Å². The zero-order chi connectivity index (χ0) is 15.6. The summed E-state index contributed by atoms with van der Waals surface area (Å²) in [6.45, 7) is 5.42. The first kappa shape index (κ1) is 15.8. The Morgan fingerprint density at radius 3 is 2.52 bits per heavy atom. The molecule has 1 aliphatic carbocycles. The Morgan fingerprint density at radius 1 is 1.33 bits per heavy atom. The zero-order valence-corrected chi connectivity index (χ0v) is 12.7. The van der Waals surface area contributed by atoms with E-state index in [4.69, 9.17) is 0 Å². The number of rotatable bonds is 5. The third-order valence-corrected chi connectivity index (χ3v) is 4.46. The molecule has 1 atom stereocenters. The molecular weight excluding hydrogens is 272 g/mol. The predicted octanol–water partition coefficient (Wildman–Crippen LogP) is 0.862. The molecular formula is C15H24N2O4. The van der Waals surface area contributed by atoms with Gasteiger partial charge in [-0.15, -0.1) is 0 Å². The van der Waals surface area contributed by atoms with Crippen LogP contribution in [-0.4, -0.2) is 47.4 Å². The Kier molecular flexibility index (Phi) is 4.54. The number of piperidine rings is 1. The number of amides is 2. The van der Waals surface area contributed by atoms with E-state index >= 15 is 0 Å². The van der Waals surface area contributed by atoms with Crippen LogP contribution < -0.4 is 5.32 Å². The maximum absolute atomic E-state index is 12.4. The number of carbonyl (C=O) groups is 3. The number of carbonyl (C=O) groups excluding carboxylic acids is 2. The summed E-state index contributed by atoms with van der Waals surface area (Å²) in [4.78, 5) is 36.9. The summed E-state index contributed by atoms with van der Waals surface area (Å²) >= 11 is 0. The van der Waals surface area contributed by atoms with E-state index in [0.29, 0.717) is 32.5 Å². The van der Waals surface area contributed by atoms with Crippen molar-refractivity contribution in [1.29, 1.82) is 0 Å². The van der Waals surface area contributed by atoms with Crippen LogP contribution in [0.5, 0.6) is 0 Å². The van der Waals surface area contributed by atoms with Gasteiger partial charge in [0.05, 0.1) is 0 Å². The lowest BCUT2D eigenvalue weighted by atomic mass is 9.95. The second kappa shape index (κ2) is 6.03. The van der Waals surface area contributed by atoms with Crippen LogP contribution in [-0.2, 0) is 14.4 Å². The normalized spacial score (nSPS) is 23.8. The average Bonchev–Trinajstić information content (AvgIpc) is 3.25. The Balaban J connectivity index is 1.88. The van der Waals surface area contributed by atoms with Crippen molar-refractivity contribution in [3.8, 4) is 0 Å². The number of carboxylic acid groups (broad SMARTS) is 1. The van der Waals surface area contributed by atoms with Crippen molar-refractivity contribution in [3.05, 3.63) is 0 Å². The fourth-order valence-electron chi connectivity index (χ4n) is 2.81. The largest absolute Gasteiger partial charge is 0.480 e. The summed E-state index contributed by atoms with van der Waals surface area (Å²) in [6.07, 6.45) is 2.73. The van der Waals surface area contributed by atoms with E-state index in [1.54, 1.807) is 4.90 Å². The van der Waals surface area contributed by atoms with Crippen molar-refractivity contribution in [2.24, 2.45) is 17.3 Å². The highest BCUT2D eigenvalue weighted by molar-refractivity contribution is 6.04. The lowest BCUT2D eigenvalue weighted by molar-refractivity contribution is -0.154. The monoisotopic (exact) mass is 296 g/mol. The van der Waals surface area contributed by atoms with Gasteiger partial charge in [-0.2, -0.15) is 0 Å². The van der Waals surface area contributed by atoms with Gasteiger partial charge < -0.3 is 15.3 Å². The maximum atomic E-state index is 12.4. The van der Waals surface area contributed by atoms with Crippen molar-refractivity contribution in [1.82, 2.24) is 10.2 Å². The third-order valence-electron chi connectivity index (χ3n) is 4.46. The Bertz CT molecular complexity index is 443. The SMILES string of the molecule is CC(C)C(=O)NCC1CCCN(C(=O)C2(C(=O)O)CC2)C1. The molecule has 2 N–H and O–H groups in total. The molecule has 2 aliphatic rings. The van der Waals surface area contributed by atoms with E-state index in [1.807, 2.05) is 13.8 Å². The van der Waals surface area contributed by atoms with Crippen molar-refractivity contribution in [3.63, 3.8) is 0 Å². The molecule has 1 aliphatic heterocycles. The molecule has 0 spiro atoms. The van der Waals surface area contributed by atoms with Crippen LogP contribution in [0.25, 0.3) is 0 Å². The second-order valence-corrected chi connectivity index (χ2v) is 6.55. The standard InChI is InChI=1S/C15H24N2O4/c1-10(2)12(18)16-8-11-4-3-7-17(9-11)13(19)15(5-6-15)14(20)21/h10-11H,3-9H2,1-2H3,(H,16,18)(H,20,21). The molecule has 1 heterocycles. The number of hydrogen-bond acceptors (Lipinski definition) is 3. The fraction of sp³-hybridized carbons (Fsp3) is 0.800. The summed E-state index contributed by atoms with van der Waals surface area (Å²) in [5, 5.41) is 12.1. The van der Waals surface area contributed by atoms with Gasteiger partial charge in [0.2, 0.25) is 11.8 Å². The first-order chi connectivity index (χ1) is 9.86. The Morgan fingerprint density at radius 2 is 2.00 bits per heavy atom. The van der Waals surface area contributed by atoms with Crippen LogP contribution in [0.3, 0.4) is 0 Å². The molecule has 1 saturated carbocycles.